The molecule has 0 radical (unpaired) electrons. The van der Waals surface area contributed by atoms with Crippen LogP contribution in [0, 0.1) is 6.92 Å². The van der Waals surface area contributed by atoms with Crippen LogP contribution in [-0.2, 0) is 14.8 Å². The molecule has 0 heterocycles. The van der Waals surface area contributed by atoms with Gasteiger partial charge in [-0.15, -0.1) is 0 Å². The summed E-state index contributed by atoms with van der Waals surface area (Å²) >= 11 is 11.6. The minimum atomic E-state index is -3.78. The lowest BCUT2D eigenvalue weighted by atomic mass is 10.2. The van der Waals surface area contributed by atoms with Crippen molar-refractivity contribution in [1.29, 1.82) is 0 Å². The number of amides is 1. The van der Waals surface area contributed by atoms with Crippen molar-refractivity contribution in [3.8, 4) is 0 Å². The Kier molecular flexibility index (Phi) is 5.64. The second-order valence-electron chi connectivity index (χ2n) is 4.79. The van der Waals surface area contributed by atoms with Gasteiger partial charge in [0.1, 0.15) is 0 Å². The zero-order valence-electron chi connectivity index (χ0n) is 12.1. The van der Waals surface area contributed by atoms with Crippen molar-refractivity contribution >= 4 is 44.8 Å². The van der Waals surface area contributed by atoms with Gasteiger partial charge in [-0.25, -0.2) is 13.1 Å². The number of anilines is 1. The quantitative estimate of drug-likeness (QED) is 0.845. The molecule has 23 heavy (non-hydrogen) atoms. The van der Waals surface area contributed by atoms with E-state index in [0.29, 0.717) is 21.3 Å². The molecule has 0 bridgehead atoms. The lowest BCUT2D eigenvalue weighted by Crippen LogP contribution is -2.32. The van der Waals surface area contributed by atoms with Crippen molar-refractivity contribution in [2.75, 3.05) is 11.9 Å². The van der Waals surface area contributed by atoms with Gasteiger partial charge in [0, 0.05) is 15.7 Å². The number of benzene rings is 2. The molecule has 0 aliphatic carbocycles. The molecule has 0 aliphatic rings. The molecule has 2 aromatic rings. The van der Waals surface area contributed by atoms with E-state index in [1.54, 1.807) is 31.2 Å². The third kappa shape index (κ3) is 4.94. The van der Waals surface area contributed by atoms with Crippen molar-refractivity contribution < 1.29 is 13.2 Å². The highest BCUT2D eigenvalue weighted by Crippen LogP contribution is 2.19. The number of carbonyl (C=O) groups is 1. The summed E-state index contributed by atoms with van der Waals surface area (Å²) in [6.45, 7) is 1.32. The lowest BCUT2D eigenvalue weighted by molar-refractivity contribution is -0.115. The van der Waals surface area contributed by atoms with Gasteiger partial charge < -0.3 is 5.32 Å². The van der Waals surface area contributed by atoms with E-state index in [1.807, 2.05) is 0 Å². The van der Waals surface area contributed by atoms with Crippen LogP contribution in [0.1, 0.15) is 5.56 Å². The van der Waals surface area contributed by atoms with E-state index in [0.717, 1.165) is 0 Å². The third-order valence-electron chi connectivity index (χ3n) is 2.99. The number of sulfonamides is 1. The number of rotatable bonds is 5. The van der Waals surface area contributed by atoms with Crippen LogP contribution in [0.3, 0.4) is 0 Å². The molecule has 0 atom stereocenters. The highest BCUT2D eigenvalue weighted by molar-refractivity contribution is 7.89. The van der Waals surface area contributed by atoms with Crippen molar-refractivity contribution in [3.63, 3.8) is 0 Å². The van der Waals surface area contributed by atoms with Gasteiger partial charge in [-0.3, -0.25) is 4.79 Å². The summed E-state index contributed by atoms with van der Waals surface area (Å²) in [6.07, 6.45) is 0. The van der Waals surface area contributed by atoms with E-state index in [1.165, 1.54) is 18.2 Å². The Morgan fingerprint density at radius 1 is 1.09 bits per heavy atom. The molecule has 0 unspecified atom stereocenters. The third-order valence-corrected chi connectivity index (χ3v) is 5.07. The summed E-state index contributed by atoms with van der Waals surface area (Å²) in [6, 6.07) is 10.8. The molecule has 0 spiro atoms. The average Bonchev–Trinajstić information content (AvgIpc) is 2.50. The fraction of sp³-hybridized carbons (Fsp3) is 0.133. The molecule has 0 aliphatic heterocycles. The number of aryl methyl sites for hydroxylation is 1. The van der Waals surface area contributed by atoms with Crippen molar-refractivity contribution in [2.45, 2.75) is 11.8 Å². The van der Waals surface area contributed by atoms with Gasteiger partial charge in [0.25, 0.3) is 0 Å². The van der Waals surface area contributed by atoms with Gasteiger partial charge in [0.15, 0.2) is 0 Å². The first-order valence-electron chi connectivity index (χ1n) is 6.59. The van der Waals surface area contributed by atoms with Gasteiger partial charge in [0.05, 0.1) is 11.4 Å². The predicted octanol–water partition coefficient (Wildman–Crippen LogP) is 3.22. The van der Waals surface area contributed by atoms with Gasteiger partial charge in [-0.1, -0.05) is 23.2 Å². The van der Waals surface area contributed by atoms with E-state index >= 15 is 0 Å². The lowest BCUT2D eigenvalue weighted by Gasteiger charge is -2.09. The van der Waals surface area contributed by atoms with Crippen molar-refractivity contribution in [1.82, 2.24) is 4.72 Å². The summed E-state index contributed by atoms with van der Waals surface area (Å²) in [5.74, 6) is -0.485. The van der Waals surface area contributed by atoms with Crippen molar-refractivity contribution in [3.05, 3.63) is 58.1 Å². The minimum absolute atomic E-state index is 0.0543. The molecule has 1 amide bonds. The highest BCUT2D eigenvalue weighted by Gasteiger charge is 2.16. The van der Waals surface area contributed by atoms with E-state index in [9.17, 15) is 13.2 Å². The van der Waals surface area contributed by atoms with E-state index in [2.05, 4.69) is 10.0 Å². The standard InChI is InChI=1S/C15H14Cl2N2O3S/c1-10-8-13(6-7-14(10)17)23(21,22)18-9-15(20)19-12-4-2-11(16)3-5-12/h2-8,18H,9H2,1H3,(H,19,20). The molecule has 2 aromatic carbocycles. The molecule has 122 valence electrons. The molecule has 0 aromatic heterocycles. The summed E-state index contributed by atoms with van der Waals surface area (Å²) in [7, 11) is -3.78. The largest absolute Gasteiger partial charge is 0.325 e. The topological polar surface area (TPSA) is 75.3 Å². The smallest absolute Gasteiger partial charge is 0.241 e. The van der Waals surface area contributed by atoms with Gasteiger partial charge >= 0.3 is 0 Å². The Hall–Kier alpha value is -1.60. The van der Waals surface area contributed by atoms with Crippen LogP contribution >= 0.6 is 23.2 Å². The van der Waals surface area contributed by atoms with Gasteiger partial charge in [-0.2, -0.15) is 0 Å². The average molecular weight is 373 g/mol. The zero-order chi connectivity index (χ0) is 17.0. The van der Waals surface area contributed by atoms with Crippen LogP contribution in [0.5, 0.6) is 0 Å². The van der Waals surface area contributed by atoms with Crippen LogP contribution in [0.2, 0.25) is 10.0 Å². The van der Waals surface area contributed by atoms with Crippen LogP contribution < -0.4 is 10.0 Å². The summed E-state index contributed by atoms with van der Waals surface area (Å²) < 4.78 is 26.5. The van der Waals surface area contributed by atoms with Crippen LogP contribution in [-0.4, -0.2) is 20.9 Å². The van der Waals surface area contributed by atoms with Gasteiger partial charge in [-0.05, 0) is 55.0 Å². The summed E-state index contributed by atoms with van der Waals surface area (Å²) in [5.41, 5.74) is 1.17. The molecule has 0 fully saturated rings. The number of hydrogen-bond donors (Lipinski definition) is 2. The number of carbonyl (C=O) groups excluding carboxylic acids is 1. The fourth-order valence-electron chi connectivity index (χ4n) is 1.77. The first-order chi connectivity index (χ1) is 10.8. The monoisotopic (exact) mass is 372 g/mol. The fourth-order valence-corrected chi connectivity index (χ4v) is 3.08. The Morgan fingerprint density at radius 2 is 1.74 bits per heavy atom. The number of halogens is 2. The van der Waals surface area contributed by atoms with E-state index in [-0.39, 0.29) is 11.4 Å². The summed E-state index contributed by atoms with van der Waals surface area (Å²) in [5, 5.41) is 3.59. The van der Waals surface area contributed by atoms with Gasteiger partial charge in [0.2, 0.25) is 15.9 Å². The molecule has 8 heteroatoms. The van der Waals surface area contributed by atoms with Crippen LogP contribution in [0.25, 0.3) is 0 Å². The van der Waals surface area contributed by atoms with Crippen LogP contribution in [0.4, 0.5) is 5.69 Å². The molecule has 5 nitrogen and oxygen atoms in total. The molecule has 0 saturated carbocycles. The first-order valence-corrected chi connectivity index (χ1v) is 8.83. The second-order valence-corrected chi connectivity index (χ2v) is 7.40. The molecule has 0 saturated heterocycles. The first kappa shape index (κ1) is 17.7. The Bertz CT molecular complexity index is 821. The molecular formula is C15H14Cl2N2O3S. The maximum absolute atomic E-state index is 12.1. The summed E-state index contributed by atoms with van der Waals surface area (Å²) in [4.78, 5) is 11.9. The van der Waals surface area contributed by atoms with E-state index in [4.69, 9.17) is 23.2 Å². The van der Waals surface area contributed by atoms with E-state index < -0.39 is 15.9 Å². The maximum atomic E-state index is 12.1. The SMILES string of the molecule is Cc1cc(S(=O)(=O)NCC(=O)Nc2ccc(Cl)cc2)ccc1Cl. The van der Waals surface area contributed by atoms with Crippen molar-refractivity contribution in [2.24, 2.45) is 0 Å². The predicted molar refractivity (Wildman–Crippen MR) is 91.5 cm³/mol. The highest BCUT2D eigenvalue weighted by atomic mass is 35.5. The Labute approximate surface area is 144 Å². The molecule has 2 rings (SSSR count). The Balaban J connectivity index is 1.99. The normalized spacial score (nSPS) is 11.3. The van der Waals surface area contributed by atoms with Crippen LogP contribution in [0.15, 0.2) is 47.4 Å². The number of hydrogen-bond acceptors (Lipinski definition) is 3. The number of nitrogens with one attached hydrogen (secondary N) is 2. The molecular weight excluding hydrogens is 359 g/mol. The zero-order valence-corrected chi connectivity index (χ0v) is 14.5. The molecule has 2 N–H and O–H groups in total. The second kappa shape index (κ2) is 7.31. The minimum Gasteiger partial charge on any atom is -0.325 e. The Morgan fingerprint density at radius 3 is 2.35 bits per heavy atom. The maximum Gasteiger partial charge on any atom is 0.241 e.